The van der Waals surface area contributed by atoms with Crippen LogP contribution in [0.1, 0.15) is 39.5 Å². The molecule has 0 unspecified atom stereocenters. The van der Waals surface area contributed by atoms with Crippen molar-refractivity contribution in [2.75, 3.05) is 38.4 Å². The van der Waals surface area contributed by atoms with Crippen LogP contribution in [0.3, 0.4) is 0 Å². The zero-order chi connectivity index (χ0) is 32.3. The second-order valence-corrected chi connectivity index (χ2v) is 12.1. The Morgan fingerprint density at radius 1 is 0.952 bits per heavy atom. The summed E-state index contributed by atoms with van der Waals surface area (Å²) < 4.78 is 69.1. The van der Waals surface area contributed by atoms with Gasteiger partial charge in [-0.05, 0) is 6.92 Å². The van der Waals surface area contributed by atoms with Gasteiger partial charge in [-0.15, -0.1) is 0 Å². The number of hydrogen-bond acceptors (Lipinski definition) is 7. The molecule has 0 aliphatic rings. The number of hydrogen-bond donors (Lipinski definition) is 3. The van der Waals surface area contributed by atoms with E-state index in [4.69, 9.17) is 23.2 Å². The van der Waals surface area contributed by atoms with Crippen molar-refractivity contribution in [3.63, 3.8) is 0 Å². The number of rotatable bonds is 12. The number of nitrogens with one attached hydrogen (secondary N) is 3. The highest BCUT2D eigenvalue weighted by Gasteiger charge is 2.26. The monoisotopic (exact) mass is 800 g/mol. The molecule has 0 spiro atoms. The number of amides is 2. The van der Waals surface area contributed by atoms with Crippen molar-refractivity contribution >= 4 is 97.6 Å². The molecule has 0 aliphatic heterocycles. The van der Waals surface area contributed by atoms with Crippen molar-refractivity contribution in [3.05, 3.63) is 22.7 Å². The first-order valence-electron chi connectivity index (χ1n) is 11.9. The Bertz CT molecular complexity index is 1090. The fourth-order valence-corrected chi connectivity index (χ4v) is 4.91. The van der Waals surface area contributed by atoms with E-state index in [1.54, 1.807) is 29.5 Å². The third-order valence-electron chi connectivity index (χ3n) is 4.35. The fourth-order valence-electron chi connectivity index (χ4n) is 2.48. The average Bonchev–Trinajstić information content (AvgIpc) is 3.46. The third-order valence-corrected chi connectivity index (χ3v) is 7.26. The Kier molecular flexibility index (Phi) is 20.6. The normalized spacial score (nSPS) is 11.1. The van der Waals surface area contributed by atoms with Crippen molar-refractivity contribution in [1.29, 1.82) is 0 Å². The largest absolute Gasteiger partial charge is 0.389 e. The van der Waals surface area contributed by atoms with E-state index in [9.17, 15) is 40.7 Å². The van der Waals surface area contributed by atoms with Crippen molar-refractivity contribution in [1.82, 2.24) is 20.4 Å². The molecule has 0 fully saturated rings. The van der Waals surface area contributed by atoms with Crippen LogP contribution in [0.2, 0.25) is 10.3 Å². The molecule has 2 aromatic rings. The number of H-pyrrole nitrogens is 2. The minimum Gasteiger partial charge on any atom is -0.322 e. The van der Waals surface area contributed by atoms with Crippen LogP contribution in [0.15, 0.2) is 12.4 Å². The van der Waals surface area contributed by atoms with Gasteiger partial charge in [0.2, 0.25) is 11.8 Å². The molecule has 0 saturated carbocycles. The van der Waals surface area contributed by atoms with E-state index in [-0.39, 0.29) is 45.1 Å². The number of carbonyl (C=O) groups is 3. The Hall–Kier alpha value is -1.38. The summed E-state index contributed by atoms with van der Waals surface area (Å²) in [6.45, 7) is 3.68. The van der Waals surface area contributed by atoms with Gasteiger partial charge in [0.25, 0.3) is 0 Å². The minimum atomic E-state index is -4.14. The lowest BCUT2D eigenvalue weighted by Crippen LogP contribution is -2.30. The van der Waals surface area contributed by atoms with E-state index < -0.39 is 25.2 Å². The molecule has 0 radical (unpaired) electrons. The number of thioether (sulfide) groups is 2. The van der Waals surface area contributed by atoms with Crippen LogP contribution in [0, 0.1) is 0 Å². The van der Waals surface area contributed by atoms with Crippen LogP contribution in [0.5, 0.6) is 0 Å². The van der Waals surface area contributed by atoms with E-state index in [1.165, 1.54) is 24.2 Å². The fraction of sp³-hybridized carbons (Fsp3) is 0.591. The lowest BCUT2D eigenvalue weighted by atomic mass is 10.3. The molecule has 0 saturated heterocycles. The molecule has 2 amide bonds. The van der Waals surface area contributed by atoms with Crippen molar-refractivity contribution in [2.24, 2.45) is 0 Å². The first kappa shape index (κ1) is 40.6. The van der Waals surface area contributed by atoms with E-state index in [2.05, 4.69) is 25.7 Å². The van der Waals surface area contributed by atoms with Gasteiger partial charge in [-0.2, -0.15) is 48.3 Å². The second-order valence-electron chi connectivity index (χ2n) is 7.72. The lowest BCUT2D eigenvalue weighted by Gasteiger charge is -2.19. The van der Waals surface area contributed by atoms with Crippen LogP contribution >= 0.6 is 69.3 Å². The van der Waals surface area contributed by atoms with Crippen LogP contribution in [-0.4, -0.2) is 77.9 Å². The van der Waals surface area contributed by atoms with Gasteiger partial charge in [0.05, 0.1) is 30.9 Å². The molecule has 2 aromatic heterocycles. The molecule has 3 N–H and O–H groups in total. The predicted molar refractivity (Wildman–Crippen MR) is 164 cm³/mol. The average molecular weight is 801 g/mol. The highest BCUT2D eigenvalue weighted by Crippen LogP contribution is 2.25. The maximum absolute atomic E-state index is 12.0. The summed E-state index contributed by atoms with van der Waals surface area (Å²) in [6, 6.07) is 0. The molecule has 2 heterocycles. The molecule has 9 nitrogen and oxygen atoms in total. The van der Waals surface area contributed by atoms with Crippen LogP contribution in [0.4, 0.5) is 37.7 Å². The Morgan fingerprint density at radius 3 is 1.98 bits per heavy atom. The van der Waals surface area contributed by atoms with Gasteiger partial charge in [-0.3, -0.25) is 24.6 Å². The quantitative estimate of drug-likeness (QED) is 0.0878. The smallest absolute Gasteiger partial charge is 0.322 e. The highest BCUT2D eigenvalue weighted by atomic mass is 127. The number of halogens is 9. The molecular weight excluding hydrogens is 772 g/mol. The van der Waals surface area contributed by atoms with E-state index in [0.29, 0.717) is 34.6 Å². The first-order chi connectivity index (χ1) is 19.5. The van der Waals surface area contributed by atoms with Gasteiger partial charge in [0.1, 0.15) is 16.0 Å². The summed E-state index contributed by atoms with van der Waals surface area (Å²) in [5.41, 5.74) is 0.939. The summed E-state index contributed by atoms with van der Waals surface area (Å²) in [7, 11) is 0. The van der Waals surface area contributed by atoms with E-state index in [1.807, 2.05) is 0 Å². The van der Waals surface area contributed by atoms with Gasteiger partial charge in [-0.25, -0.2) is 0 Å². The summed E-state index contributed by atoms with van der Waals surface area (Å²) >= 11 is 15.5. The minimum absolute atomic E-state index is 0.00384. The zero-order valence-electron chi connectivity index (χ0n) is 22.3. The Balaban J connectivity index is 0.000000671. The molecule has 42 heavy (non-hydrogen) atoms. The number of anilines is 2. The Labute approximate surface area is 270 Å². The van der Waals surface area contributed by atoms with Gasteiger partial charge in [-0.1, -0.05) is 57.6 Å². The molecule has 240 valence electrons. The summed E-state index contributed by atoms with van der Waals surface area (Å²) in [5.74, 6) is 0.412. The standard InChI is InChI=1S/C11H15ClF3N3OS.C8H10ClN3O2S.C3H4F3I/c1-2-18(8-7-16-17-10(8)12)9(19)3-5-20-6-4-11(13,14)15;1-5(13)15-3-2-7(14)11-6-4-10-12-8(6)9;4-3(5,6)1-2-7/h7H,2-6H2,1H3,(H,16,17);4H,2-3H2,1H3,(H,10,12)(H,11,14);1-2H2. The molecular formula is C22H29Cl2F6IN6O3S2. The van der Waals surface area contributed by atoms with Crippen LogP contribution in [0.25, 0.3) is 0 Å². The van der Waals surface area contributed by atoms with Crippen molar-refractivity contribution < 1.29 is 40.7 Å². The van der Waals surface area contributed by atoms with Crippen molar-refractivity contribution in [3.8, 4) is 0 Å². The number of nitrogens with zero attached hydrogens (tertiary/aromatic N) is 3. The number of alkyl halides is 7. The zero-order valence-corrected chi connectivity index (χ0v) is 27.6. The number of aromatic amines is 2. The third kappa shape index (κ3) is 20.5. The highest BCUT2D eigenvalue weighted by molar-refractivity contribution is 14.1. The van der Waals surface area contributed by atoms with E-state index in [0.717, 1.165) is 23.5 Å². The van der Waals surface area contributed by atoms with Crippen LogP contribution in [-0.2, 0) is 14.4 Å². The molecule has 0 atom stereocenters. The van der Waals surface area contributed by atoms with Gasteiger partial charge in [0, 0.05) is 48.0 Å². The summed E-state index contributed by atoms with van der Waals surface area (Å²) in [6.07, 6.45) is -6.30. The maximum Gasteiger partial charge on any atom is 0.389 e. The summed E-state index contributed by atoms with van der Waals surface area (Å²) in [4.78, 5) is 35.3. The van der Waals surface area contributed by atoms with Crippen molar-refractivity contribution in [2.45, 2.75) is 51.9 Å². The second kappa shape index (κ2) is 21.3. The van der Waals surface area contributed by atoms with Gasteiger partial charge >= 0.3 is 12.4 Å². The first-order valence-corrected chi connectivity index (χ1v) is 16.3. The lowest BCUT2D eigenvalue weighted by molar-refractivity contribution is -0.130. The summed E-state index contributed by atoms with van der Waals surface area (Å²) in [5, 5.41) is 15.5. The molecule has 20 heteroatoms. The van der Waals surface area contributed by atoms with Gasteiger partial charge in [0.15, 0.2) is 5.12 Å². The molecule has 0 bridgehead atoms. The molecule has 0 aromatic carbocycles. The van der Waals surface area contributed by atoms with E-state index >= 15 is 0 Å². The Morgan fingerprint density at radius 2 is 1.55 bits per heavy atom. The topological polar surface area (TPSA) is 124 Å². The maximum atomic E-state index is 12.0. The molecule has 2 rings (SSSR count). The predicted octanol–water partition coefficient (Wildman–Crippen LogP) is 7.54. The number of carbonyl (C=O) groups excluding carboxylic acids is 3. The SMILES string of the molecule is CC(=O)SCCC(=O)Nc1cn[nH]c1Cl.CCN(C(=O)CCSCCC(F)(F)F)c1cn[nH]c1Cl.FC(F)(F)CCI. The number of aromatic nitrogens is 4. The van der Waals surface area contributed by atoms with Gasteiger partial charge < -0.3 is 10.2 Å². The van der Waals surface area contributed by atoms with Crippen LogP contribution < -0.4 is 10.2 Å². The molecule has 0 aliphatic carbocycles.